The van der Waals surface area contributed by atoms with Crippen LogP contribution in [0.4, 0.5) is 0 Å². The van der Waals surface area contributed by atoms with Crippen LogP contribution in [0.1, 0.15) is 20.3 Å². The standard InChI is InChI=1S/C17H22O5S/c1-5-12-17(13-6-2,16(18)22-7-3)23(19,20)15-10-8-14(21-4)9-11-15/h5-6,8-11,13H,1,7,12H2,2-4H3. The average molecular weight is 338 g/mol. The molecule has 0 saturated carbocycles. The number of rotatable bonds is 8. The minimum atomic E-state index is -4.02. The number of hydrogen-bond donors (Lipinski definition) is 0. The zero-order valence-electron chi connectivity index (χ0n) is 13.6. The summed E-state index contributed by atoms with van der Waals surface area (Å²) in [7, 11) is -2.53. The van der Waals surface area contributed by atoms with Gasteiger partial charge in [-0.3, -0.25) is 0 Å². The van der Waals surface area contributed by atoms with E-state index in [1.54, 1.807) is 13.8 Å². The molecular formula is C17H22O5S. The highest BCUT2D eigenvalue weighted by Crippen LogP contribution is 2.33. The molecule has 0 spiro atoms. The number of benzene rings is 1. The maximum Gasteiger partial charge on any atom is 0.332 e. The average Bonchev–Trinajstić information content (AvgIpc) is 2.54. The lowest BCUT2D eigenvalue weighted by atomic mass is 10.0. The zero-order valence-corrected chi connectivity index (χ0v) is 14.4. The number of sulfone groups is 1. The van der Waals surface area contributed by atoms with Crippen LogP contribution in [-0.2, 0) is 19.4 Å². The van der Waals surface area contributed by atoms with Gasteiger partial charge in [0.05, 0.1) is 18.6 Å². The van der Waals surface area contributed by atoms with E-state index in [1.807, 2.05) is 0 Å². The van der Waals surface area contributed by atoms with Crippen molar-refractivity contribution < 1.29 is 22.7 Å². The highest BCUT2D eigenvalue weighted by molar-refractivity contribution is 7.93. The molecule has 0 aliphatic carbocycles. The molecule has 1 aromatic carbocycles. The van der Waals surface area contributed by atoms with Crippen LogP contribution in [0.25, 0.3) is 0 Å². The number of hydrogen-bond acceptors (Lipinski definition) is 5. The molecule has 0 radical (unpaired) electrons. The molecule has 1 rings (SSSR count). The van der Waals surface area contributed by atoms with E-state index in [4.69, 9.17) is 9.47 Å². The second kappa shape index (κ2) is 7.97. The van der Waals surface area contributed by atoms with Gasteiger partial charge in [-0.15, -0.1) is 6.58 Å². The smallest absolute Gasteiger partial charge is 0.332 e. The lowest BCUT2D eigenvalue weighted by Gasteiger charge is -2.27. The van der Waals surface area contributed by atoms with Crippen molar-refractivity contribution >= 4 is 15.8 Å². The van der Waals surface area contributed by atoms with Gasteiger partial charge >= 0.3 is 5.97 Å². The maximum absolute atomic E-state index is 13.1. The molecule has 0 aromatic heterocycles. The summed E-state index contributed by atoms with van der Waals surface area (Å²) in [5, 5.41) is 0. The SMILES string of the molecule is C=CCC(C=CC)(C(=O)OCC)S(=O)(=O)c1ccc(OC)cc1. The summed E-state index contributed by atoms with van der Waals surface area (Å²) in [4.78, 5) is 12.5. The first kappa shape index (κ1) is 19.0. The Kier molecular flexibility index (Phi) is 6.57. The van der Waals surface area contributed by atoms with Crippen molar-refractivity contribution in [3.8, 4) is 5.75 Å². The molecule has 1 aromatic rings. The second-order valence-corrected chi connectivity index (χ2v) is 6.99. The molecule has 0 fully saturated rings. The third kappa shape index (κ3) is 3.64. The van der Waals surface area contributed by atoms with E-state index >= 15 is 0 Å². The Balaban J connectivity index is 3.53. The minimum Gasteiger partial charge on any atom is -0.497 e. The number of carbonyl (C=O) groups excluding carboxylic acids is 1. The number of ether oxygens (including phenoxy) is 2. The molecule has 0 aliphatic heterocycles. The van der Waals surface area contributed by atoms with E-state index in [2.05, 4.69) is 6.58 Å². The Labute approximate surface area is 137 Å². The van der Waals surface area contributed by atoms with E-state index in [1.165, 1.54) is 49.6 Å². The van der Waals surface area contributed by atoms with Gasteiger partial charge in [-0.25, -0.2) is 13.2 Å². The predicted molar refractivity (Wildman–Crippen MR) is 89.2 cm³/mol. The normalized spacial score (nSPS) is 14.2. The Morgan fingerprint density at radius 2 is 1.91 bits per heavy atom. The summed E-state index contributed by atoms with van der Waals surface area (Å²) in [6.07, 6.45) is 4.20. The molecule has 6 heteroatoms. The fourth-order valence-corrected chi connectivity index (χ4v) is 4.08. The Hall–Kier alpha value is -2.08. The Morgan fingerprint density at radius 3 is 2.35 bits per heavy atom. The van der Waals surface area contributed by atoms with Crippen molar-refractivity contribution in [2.45, 2.75) is 29.9 Å². The predicted octanol–water partition coefficient (Wildman–Crippen LogP) is 2.92. The van der Waals surface area contributed by atoms with Crippen molar-refractivity contribution in [3.63, 3.8) is 0 Å². The maximum atomic E-state index is 13.1. The first-order valence-electron chi connectivity index (χ1n) is 7.20. The van der Waals surface area contributed by atoms with Gasteiger partial charge in [0.2, 0.25) is 0 Å². The van der Waals surface area contributed by atoms with Crippen molar-refractivity contribution in [1.29, 1.82) is 0 Å². The van der Waals surface area contributed by atoms with Crippen LogP contribution < -0.4 is 4.74 Å². The molecule has 5 nitrogen and oxygen atoms in total. The van der Waals surface area contributed by atoms with Crippen LogP contribution in [-0.4, -0.2) is 32.9 Å². The van der Waals surface area contributed by atoms with Crippen LogP contribution in [0.5, 0.6) is 5.75 Å². The summed E-state index contributed by atoms with van der Waals surface area (Å²) in [6.45, 7) is 6.95. The van der Waals surface area contributed by atoms with Crippen molar-refractivity contribution in [2.24, 2.45) is 0 Å². The summed E-state index contributed by atoms with van der Waals surface area (Å²) in [5.41, 5.74) is 0. The van der Waals surface area contributed by atoms with E-state index in [0.29, 0.717) is 5.75 Å². The molecule has 1 atom stereocenters. The highest BCUT2D eigenvalue weighted by Gasteiger charge is 2.49. The molecular weight excluding hydrogens is 316 g/mol. The van der Waals surface area contributed by atoms with Crippen LogP contribution in [0.2, 0.25) is 0 Å². The second-order valence-electron chi connectivity index (χ2n) is 4.78. The van der Waals surface area contributed by atoms with Crippen LogP contribution in [0.15, 0.2) is 54.0 Å². The molecule has 0 bridgehead atoms. The van der Waals surface area contributed by atoms with Crippen molar-refractivity contribution in [1.82, 2.24) is 0 Å². The van der Waals surface area contributed by atoms with Crippen LogP contribution in [0, 0.1) is 0 Å². The molecule has 0 N–H and O–H groups in total. The molecule has 0 amide bonds. The molecule has 23 heavy (non-hydrogen) atoms. The number of allylic oxidation sites excluding steroid dienone is 2. The Morgan fingerprint density at radius 1 is 1.30 bits per heavy atom. The van der Waals surface area contributed by atoms with Crippen LogP contribution >= 0.6 is 0 Å². The fraction of sp³-hybridized carbons (Fsp3) is 0.353. The number of carbonyl (C=O) groups is 1. The summed E-state index contributed by atoms with van der Waals surface area (Å²) in [5.74, 6) is -0.283. The van der Waals surface area contributed by atoms with Gasteiger partial charge in [0.25, 0.3) is 0 Å². The molecule has 126 valence electrons. The first-order chi connectivity index (χ1) is 10.9. The minimum absolute atomic E-state index is 0.0197. The molecule has 1 unspecified atom stereocenters. The highest BCUT2D eigenvalue weighted by atomic mass is 32.2. The number of methoxy groups -OCH3 is 1. The van der Waals surface area contributed by atoms with Gasteiger partial charge < -0.3 is 9.47 Å². The molecule has 0 aliphatic rings. The molecule has 0 heterocycles. The topological polar surface area (TPSA) is 69.7 Å². The summed E-state index contributed by atoms with van der Waals surface area (Å²) in [6, 6.07) is 5.89. The van der Waals surface area contributed by atoms with E-state index in [-0.39, 0.29) is 17.9 Å². The third-order valence-corrected chi connectivity index (χ3v) is 5.67. The first-order valence-corrected chi connectivity index (χ1v) is 8.68. The number of esters is 1. The van der Waals surface area contributed by atoms with Gasteiger partial charge in [0.15, 0.2) is 14.6 Å². The fourth-order valence-electron chi connectivity index (χ4n) is 2.23. The third-order valence-electron chi connectivity index (χ3n) is 3.35. The van der Waals surface area contributed by atoms with E-state index < -0.39 is 20.6 Å². The Bertz CT molecular complexity index is 673. The quantitative estimate of drug-likeness (QED) is 0.538. The molecule has 0 saturated heterocycles. The lowest BCUT2D eigenvalue weighted by Crippen LogP contribution is -2.45. The monoisotopic (exact) mass is 338 g/mol. The van der Waals surface area contributed by atoms with Crippen molar-refractivity contribution in [3.05, 3.63) is 49.1 Å². The van der Waals surface area contributed by atoms with Crippen molar-refractivity contribution in [2.75, 3.05) is 13.7 Å². The van der Waals surface area contributed by atoms with Crippen LogP contribution in [0.3, 0.4) is 0 Å². The van der Waals surface area contributed by atoms with Gasteiger partial charge in [0, 0.05) is 0 Å². The van der Waals surface area contributed by atoms with Gasteiger partial charge in [-0.2, -0.15) is 0 Å². The summed E-state index contributed by atoms with van der Waals surface area (Å²) < 4.78 is 34.4. The van der Waals surface area contributed by atoms with Gasteiger partial charge in [-0.05, 0) is 44.5 Å². The largest absolute Gasteiger partial charge is 0.497 e. The van der Waals surface area contributed by atoms with Gasteiger partial charge in [0.1, 0.15) is 5.75 Å². The van der Waals surface area contributed by atoms with Gasteiger partial charge in [-0.1, -0.05) is 18.2 Å². The summed E-state index contributed by atoms with van der Waals surface area (Å²) >= 11 is 0. The zero-order chi connectivity index (χ0) is 17.5. The van der Waals surface area contributed by atoms with E-state index in [9.17, 15) is 13.2 Å². The van der Waals surface area contributed by atoms with E-state index in [0.717, 1.165) is 0 Å². The lowest BCUT2D eigenvalue weighted by molar-refractivity contribution is -0.144.